The van der Waals surface area contributed by atoms with Crippen molar-refractivity contribution in [1.82, 2.24) is 15.6 Å². The zero-order valence-electron chi connectivity index (χ0n) is 9.93. The fourth-order valence-corrected chi connectivity index (χ4v) is 1.82. The zero-order valence-corrected chi connectivity index (χ0v) is 10.7. The van der Waals surface area contributed by atoms with Crippen LogP contribution < -0.4 is 10.6 Å². The summed E-state index contributed by atoms with van der Waals surface area (Å²) in [7, 11) is 0. The Labute approximate surface area is 108 Å². The van der Waals surface area contributed by atoms with E-state index in [0.29, 0.717) is 6.54 Å². The maximum absolute atomic E-state index is 11.3. The van der Waals surface area contributed by atoms with Crippen LogP contribution in [0.5, 0.6) is 0 Å². The van der Waals surface area contributed by atoms with Crippen LogP contribution in [0.1, 0.15) is 9.88 Å². The molecule has 0 fully saturated rings. The van der Waals surface area contributed by atoms with E-state index in [9.17, 15) is 9.59 Å². The molecule has 0 aliphatic rings. The van der Waals surface area contributed by atoms with Crippen LogP contribution in [-0.4, -0.2) is 41.8 Å². The SMILES string of the molecule is Cc1cnc(CNC(=O)NCCOCC(=O)O)s1. The van der Waals surface area contributed by atoms with Crippen molar-refractivity contribution in [1.29, 1.82) is 0 Å². The predicted molar refractivity (Wildman–Crippen MR) is 65.5 cm³/mol. The molecule has 0 spiro atoms. The lowest BCUT2D eigenvalue weighted by Crippen LogP contribution is -2.37. The van der Waals surface area contributed by atoms with E-state index >= 15 is 0 Å². The van der Waals surface area contributed by atoms with Crippen molar-refractivity contribution in [2.75, 3.05) is 19.8 Å². The first kappa shape index (κ1) is 14.4. The van der Waals surface area contributed by atoms with Gasteiger partial charge in [-0.15, -0.1) is 11.3 Å². The number of carbonyl (C=O) groups is 2. The smallest absolute Gasteiger partial charge is 0.329 e. The summed E-state index contributed by atoms with van der Waals surface area (Å²) in [5.41, 5.74) is 0. The number of urea groups is 1. The number of rotatable bonds is 7. The van der Waals surface area contributed by atoms with Gasteiger partial charge in [0.05, 0.1) is 13.2 Å². The maximum Gasteiger partial charge on any atom is 0.329 e. The fraction of sp³-hybridized carbons (Fsp3) is 0.500. The minimum Gasteiger partial charge on any atom is -0.480 e. The number of carboxylic acids is 1. The van der Waals surface area contributed by atoms with Gasteiger partial charge in [-0.25, -0.2) is 14.6 Å². The summed E-state index contributed by atoms with van der Waals surface area (Å²) in [6.45, 7) is 2.38. The number of aromatic nitrogens is 1. The number of hydrogen-bond donors (Lipinski definition) is 3. The van der Waals surface area contributed by atoms with Gasteiger partial charge in [-0.05, 0) is 6.92 Å². The van der Waals surface area contributed by atoms with Crippen molar-refractivity contribution in [2.24, 2.45) is 0 Å². The molecule has 0 saturated carbocycles. The second-order valence-electron chi connectivity index (χ2n) is 3.42. The predicted octanol–water partition coefficient (Wildman–Crippen LogP) is 0.352. The molecule has 100 valence electrons. The molecule has 3 N–H and O–H groups in total. The highest BCUT2D eigenvalue weighted by Gasteiger charge is 2.03. The average molecular weight is 273 g/mol. The number of aryl methyl sites for hydroxylation is 1. The summed E-state index contributed by atoms with van der Waals surface area (Å²) in [4.78, 5) is 26.6. The first-order valence-corrected chi connectivity index (χ1v) is 6.12. The van der Waals surface area contributed by atoms with Crippen LogP contribution in [0.3, 0.4) is 0 Å². The number of nitrogens with one attached hydrogen (secondary N) is 2. The highest BCUT2D eigenvalue weighted by molar-refractivity contribution is 7.11. The van der Waals surface area contributed by atoms with E-state index in [1.165, 1.54) is 11.3 Å². The van der Waals surface area contributed by atoms with Gasteiger partial charge in [0.1, 0.15) is 11.6 Å². The fourth-order valence-electron chi connectivity index (χ4n) is 1.10. The molecule has 0 bridgehead atoms. The van der Waals surface area contributed by atoms with E-state index in [1.807, 2.05) is 6.92 Å². The van der Waals surface area contributed by atoms with Crippen LogP contribution in [0.15, 0.2) is 6.20 Å². The molecule has 1 aromatic heterocycles. The van der Waals surface area contributed by atoms with Crippen LogP contribution in [0, 0.1) is 6.92 Å². The van der Waals surface area contributed by atoms with Gasteiger partial charge in [-0.1, -0.05) is 0 Å². The third-order valence-electron chi connectivity index (χ3n) is 1.83. The summed E-state index contributed by atoms with van der Waals surface area (Å²) < 4.78 is 4.76. The molecule has 0 atom stereocenters. The molecular formula is C10H15N3O4S. The second-order valence-corrected chi connectivity index (χ2v) is 4.74. The Kier molecular flexibility index (Phi) is 6.09. The number of carboxylic acid groups (broad SMARTS) is 1. The Bertz CT molecular complexity index is 408. The Balaban J connectivity index is 2.05. The number of ether oxygens (including phenoxy) is 1. The molecule has 0 unspecified atom stereocenters. The number of carbonyl (C=O) groups excluding carboxylic acids is 1. The third-order valence-corrected chi connectivity index (χ3v) is 2.74. The summed E-state index contributed by atoms with van der Waals surface area (Å²) in [5.74, 6) is -1.03. The first-order chi connectivity index (χ1) is 8.58. The van der Waals surface area contributed by atoms with Crippen molar-refractivity contribution >= 4 is 23.3 Å². The Morgan fingerprint density at radius 1 is 1.50 bits per heavy atom. The summed E-state index contributed by atoms with van der Waals surface area (Å²) >= 11 is 1.52. The van der Waals surface area contributed by atoms with Crippen molar-refractivity contribution < 1.29 is 19.4 Å². The van der Waals surface area contributed by atoms with Crippen LogP contribution >= 0.6 is 11.3 Å². The summed E-state index contributed by atoms with van der Waals surface area (Å²) in [6, 6.07) is -0.332. The van der Waals surface area contributed by atoms with Crippen molar-refractivity contribution in [3.63, 3.8) is 0 Å². The number of nitrogens with zero attached hydrogens (tertiary/aromatic N) is 1. The molecule has 0 aliphatic carbocycles. The highest BCUT2D eigenvalue weighted by Crippen LogP contribution is 2.10. The van der Waals surface area contributed by atoms with Gasteiger partial charge < -0.3 is 20.5 Å². The summed E-state index contributed by atoms with van der Waals surface area (Å²) in [5, 5.41) is 14.3. The largest absolute Gasteiger partial charge is 0.480 e. The standard InChI is InChI=1S/C10H15N3O4S/c1-7-4-12-8(18-7)5-13-10(16)11-2-3-17-6-9(14)15/h4H,2-3,5-6H2,1H3,(H,14,15)(H2,11,13,16). The highest BCUT2D eigenvalue weighted by atomic mass is 32.1. The van der Waals surface area contributed by atoms with Crippen molar-refractivity contribution in [3.8, 4) is 0 Å². The van der Waals surface area contributed by atoms with E-state index in [2.05, 4.69) is 15.6 Å². The molecule has 1 heterocycles. The summed E-state index contributed by atoms with van der Waals surface area (Å²) in [6.07, 6.45) is 1.75. The topological polar surface area (TPSA) is 101 Å². The first-order valence-electron chi connectivity index (χ1n) is 5.30. The lowest BCUT2D eigenvalue weighted by molar-refractivity contribution is -0.142. The second kappa shape index (κ2) is 7.62. The molecule has 8 heteroatoms. The lowest BCUT2D eigenvalue weighted by Gasteiger charge is -2.06. The van der Waals surface area contributed by atoms with Crippen LogP contribution in [0.4, 0.5) is 4.79 Å². The maximum atomic E-state index is 11.3. The molecule has 0 aliphatic heterocycles. The molecule has 0 radical (unpaired) electrons. The minimum atomic E-state index is -1.03. The number of amides is 2. The van der Waals surface area contributed by atoms with Crippen molar-refractivity contribution in [2.45, 2.75) is 13.5 Å². The van der Waals surface area contributed by atoms with Gasteiger partial charge in [0.25, 0.3) is 0 Å². The Morgan fingerprint density at radius 2 is 2.28 bits per heavy atom. The van der Waals surface area contributed by atoms with Crippen LogP contribution in [-0.2, 0) is 16.1 Å². The van der Waals surface area contributed by atoms with Gasteiger partial charge in [-0.3, -0.25) is 0 Å². The minimum absolute atomic E-state index is 0.163. The number of thiazole rings is 1. The van der Waals surface area contributed by atoms with E-state index in [0.717, 1.165) is 9.88 Å². The van der Waals surface area contributed by atoms with Gasteiger partial charge in [-0.2, -0.15) is 0 Å². The average Bonchev–Trinajstić information content (AvgIpc) is 2.71. The molecule has 18 heavy (non-hydrogen) atoms. The lowest BCUT2D eigenvalue weighted by atomic mass is 10.6. The number of hydrogen-bond acceptors (Lipinski definition) is 5. The molecule has 0 aromatic carbocycles. The van der Waals surface area contributed by atoms with Gasteiger partial charge in [0.15, 0.2) is 0 Å². The van der Waals surface area contributed by atoms with E-state index in [1.54, 1.807) is 6.20 Å². The Morgan fingerprint density at radius 3 is 2.89 bits per heavy atom. The van der Waals surface area contributed by atoms with Gasteiger partial charge in [0, 0.05) is 17.6 Å². The molecule has 1 rings (SSSR count). The normalized spacial score (nSPS) is 10.1. The molecule has 2 amide bonds. The van der Waals surface area contributed by atoms with Gasteiger partial charge in [0.2, 0.25) is 0 Å². The quantitative estimate of drug-likeness (QED) is 0.622. The van der Waals surface area contributed by atoms with E-state index in [4.69, 9.17) is 9.84 Å². The molecule has 1 aromatic rings. The number of aliphatic carboxylic acids is 1. The van der Waals surface area contributed by atoms with E-state index in [-0.39, 0.29) is 25.8 Å². The van der Waals surface area contributed by atoms with Crippen LogP contribution in [0.2, 0.25) is 0 Å². The monoisotopic (exact) mass is 273 g/mol. The molecule has 7 nitrogen and oxygen atoms in total. The molecular weight excluding hydrogens is 258 g/mol. The van der Waals surface area contributed by atoms with Gasteiger partial charge >= 0.3 is 12.0 Å². The third kappa shape index (κ3) is 6.16. The Hall–Kier alpha value is -1.67. The zero-order chi connectivity index (χ0) is 13.4. The van der Waals surface area contributed by atoms with E-state index < -0.39 is 5.97 Å². The van der Waals surface area contributed by atoms with Crippen LogP contribution in [0.25, 0.3) is 0 Å². The molecule has 0 saturated heterocycles. The van der Waals surface area contributed by atoms with Crippen molar-refractivity contribution in [3.05, 3.63) is 16.1 Å².